The van der Waals surface area contributed by atoms with Gasteiger partial charge in [-0.3, -0.25) is 4.90 Å². The number of pyridine rings is 1. The van der Waals surface area contributed by atoms with Crippen LogP contribution in [0.4, 0.5) is 9.18 Å². The van der Waals surface area contributed by atoms with E-state index in [4.69, 9.17) is 4.74 Å². The topological polar surface area (TPSA) is 66.5 Å². The van der Waals surface area contributed by atoms with Gasteiger partial charge in [0.25, 0.3) is 0 Å². The Kier molecular flexibility index (Phi) is 7.11. The number of hydrogen-bond acceptors (Lipinski definition) is 5. The number of aromatic nitrogens is 1. The molecule has 1 saturated heterocycles. The van der Waals surface area contributed by atoms with Crippen LogP contribution >= 0.6 is 11.3 Å². The maximum Gasteiger partial charge on any atom is 0.315 e. The quantitative estimate of drug-likeness (QED) is 0.532. The molecule has 0 bridgehead atoms. The lowest BCUT2D eigenvalue weighted by molar-refractivity contribution is 0.222. The number of carbonyl (C=O) groups is 1. The second-order valence-electron chi connectivity index (χ2n) is 7.36. The third-order valence-corrected chi connectivity index (χ3v) is 6.18. The molecule has 4 rings (SSSR count). The van der Waals surface area contributed by atoms with Crippen molar-refractivity contribution in [2.24, 2.45) is 0 Å². The van der Waals surface area contributed by atoms with E-state index in [2.05, 4.69) is 32.0 Å². The van der Waals surface area contributed by atoms with Crippen molar-refractivity contribution in [1.82, 2.24) is 20.5 Å². The van der Waals surface area contributed by atoms with Gasteiger partial charge in [-0.2, -0.15) is 0 Å². The van der Waals surface area contributed by atoms with Gasteiger partial charge in [-0.1, -0.05) is 18.2 Å². The van der Waals surface area contributed by atoms with Crippen LogP contribution < -0.4 is 15.4 Å². The van der Waals surface area contributed by atoms with E-state index in [9.17, 15) is 9.18 Å². The normalized spacial score (nSPS) is 14.9. The predicted octanol–water partition coefficient (Wildman–Crippen LogP) is 4.71. The highest BCUT2D eigenvalue weighted by molar-refractivity contribution is 7.10. The summed E-state index contributed by atoms with van der Waals surface area (Å²) in [6, 6.07) is 13.6. The largest absolute Gasteiger partial charge is 0.439 e. The number of halogens is 1. The van der Waals surface area contributed by atoms with E-state index in [0.29, 0.717) is 23.7 Å². The number of thiophene rings is 1. The Morgan fingerprint density at radius 2 is 2.03 bits per heavy atom. The molecule has 1 atom stereocenters. The first-order valence-electron chi connectivity index (χ1n) is 10.4. The highest BCUT2D eigenvalue weighted by Gasteiger charge is 2.24. The van der Waals surface area contributed by atoms with Gasteiger partial charge in [0, 0.05) is 35.8 Å². The van der Waals surface area contributed by atoms with Crippen LogP contribution in [0.25, 0.3) is 0 Å². The van der Waals surface area contributed by atoms with Gasteiger partial charge in [-0.05, 0) is 55.6 Å². The minimum Gasteiger partial charge on any atom is -0.439 e. The lowest BCUT2D eigenvalue weighted by Gasteiger charge is -2.27. The maximum atomic E-state index is 13.4. The number of nitrogens with one attached hydrogen (secondary N) is 2. The van der Waals surface area contributed by atoms with E-state index in [1.165, 1.54) is 29.9 Å². The summed E-state index contributed by atoms with van der Waals surface area (Å²) >= 11 is 1.72. The first-order chi connectivity index (χ1) is 15.2. The SMILES string of the molecule is O=C(NCc1cccnc1Oc1cccc(F)c1)NCC(c1cccs1)N1CCCC1. The van der Waals surface area contributed by atoms with Crippen molar-refractivity contribution in [1.29, 1.82) is 0 Å². The van der Waals surface area contributed by atoms with Crippen LogP contribution in [0, 0.1) is 5.82 Å². The maximum absolute atomic E-state index is 13.4. The van der Waals surface area contributed by atoms with Crippen LogP contribution in [0.3, 0.4) is 0 Å². The number of urea groups is 1. The lowest BCUT2D eigenvalue weighted by atomic mass is 10.2. The number of hydrogen-bond donors (Lipinski definition) is 2. The van der Waals surface area contributed by atoms with Crippen LogP contribution in [0.2, 0.25) is 0 Å². The Hall–Kier alpha value is -2.97. The molecule has 31 heavy (non-hydrogen) atoms. The molecule has 0 saturated carbocycles. The molecule has 1 unspecified atom stereocenters. The second kappa shape index (κ2) is 10.4. The first kappa shape index (κ1) is 21.3. The van der Waals surface area contributed by atoms with Gasteiger partial charge < -0.3 is 15.4 Å². The minimum absolute atomic E-state index is 0.193. The molecular weight excluding hydrogens is 415 g/mol. The van der Waals surface area contributed by atoms with E-state index in [1.54, 1.807) is 35.7 Å². The number of likely N-dealkylation sites (tertiary alicyclic amines) is 1. The summed E-state index contributed by atoms with van der Waals surface area (Å²) < 4.78 is 19.1. The third kappa shape index (κ3) is 5.80. The predicted molar refractivity (Wildman–Crippen MR) is 119 cm³/mol. The summed E-state index contributed by atoms with van der Waals surface area (Å²) in [5.41, 5.74) is 0.705. The van der Waals surface area contributed by atoms with Crippen LogP contribution in [-0.2, 0) is 6.54 Å². The number of rotatable bonds is 8. The number of benzene rings is 1. The molecule has 2 aromatic heterocycles. The van der Waals surface area contributed by atoms with Gasteiger partial charge in [-0.15, -0.1) is 11.3 Å². The van der Waals surface area contributed by atoms with Crippen LogP contribution in [-0.4, -0.2) is 35.5 Å². The smallest absolute Gasteiger partial charge is 0.315 e. The van der Waals surface area contributed by atoms with Gasteiger partial charge in [0.15, 0.2) is 0 Å². The lowest BCUT2D eigenvalue weighted by Crippen LogP contribution is -2.41. The van der Waals surface area contributed by atoms with Crippen molar-refractivity contribution in [3.05, 3.63) is 76.4 Å². The molecule has 0 spiro atoms. The van der Waals surface area contributed by atoms with Crippen molar-refractivity contribution in [2.45, 2.75) is 25.4 Å². The van der Waals surface area contributed by atoms with Gasteiger partial charge in [0.2, 0.25) is 5.88 Å². The molecule has 8 heteroatoms. The number of amides is 2. The fourth-order valence-electron chi connectivity index (χ4n) is 3.66. The summed E-state index contributed by atoms with van der Waals surface area (Å²) in [7, 11) is 0. The van der Waals surface area contributed by atoms with E-state index in [-0.39, 0.29) is 24.4 Å². The fraction of sp³-hybridized carbons (Fsp3) is 0.304. The molecule has 1 aliphatic heterocycles. The van der Waals surface area contributed by atoms with Crippen molar-refractivity contribution >= 4 is 17.4 Å². The highest BCUT2D eigenvalue weighted by Crippen LogP contribution is 2.28. The molecule has 162 valence electrons. The van der Waals surface area contributed by atoms with Gasteiger partial charge in [0.1, 0.15) is 11.6 Å². The second-order valence-corrected chi connectivity index (χ2v) is 8.34. The van der Waals surface area contributed by atoms with Crippen molar-refractivity contribution in [3.8, 4) is 11.6 Å². The summed E-state index contributed by atoms with van der Waals surface area (Å²) in [5, 5.41) is 7.94. The zero-order valence-electron chi connectivity index (χ0n) is 17.1. The Bertz CT molecular complexity index is 993. The molecule has 1 aromatic carbocycles. The number of ether oxygens (including phenoxy) is 1. The summed E-state index contributed by atoms with van der Waals surface area (Å²) in [4.78, 5) is 20.4. The standard InChI is InChI=1S/C23H25FN4O2S/c24-18-7-3-8-19(14-18)30-22-17(6-4-10-25-22)15-26-23(29)27-16-20(21-9-5-13-31-21)28-11-1-2-12-28/h3-10,13-14,20H,1-2,11-12,15-16H2,(H2,26,27,29). The average Bonchev–Trinajstić information content (AvgIpc) is 3.48. The van der Waals surface area contributed by atoms with Crippen LogP contribution in [0.1, 0.15) is 29.3 Å². The molecule has 2 N–H and O–H groups in total. The molecule has 1 aliphatic rings. The van der Waals surface area contributed by atoms with Crippen LogP contribution in [0.15, 0.2) is 60.1 Å². The summed E-state index contributed by atoms with van der Waals surface area (Å²) in [6.07, 6.45) is 3.99. The van der Waals surface area contributed by atoms with E-state index in [1.807, 2.05) is 12.1 Å². The fourth-order valence-corrected chi connectivity index (χ4v) is 4.52. The molecule has 0 radical (unpaired) electrons. The zero-order valence-corrected chi connectivity index (χ0v) is 17.9. The Morgan fingerprint density at radius 3 is 2.81 bits per heavy atom. The monoisotopic (exact) mass is 440 g/mol. The minimum atomic E-state index is -0.384. The number of nitrogens with zero attached hydrogens (tertiary/aromatic N) is 2. The summed E-state index contributed by atoms with van der Waals surface area (Å²) in [5.74, 6) is 0.307. The Morgan fingerprint density at radius 1 is 1.16 bits per heavy atom. The van der Waals surface area contributed by atoms with Gasteiger partial charge >= 0.3 is 6.03 Å². The van der Waals surface area contributed by atoms with Crippen molar-refractivity contribution in [2.75, 3.05) is 19.6 Å². The van der Waals surface area contributed by atoms with Crippen molar-refractivity contribution in [3.63, 3.8) is 0 Å². The van der Waals surface area contributed by atoms with Crippen molar-refractivity contribution < 1.29 is 13.9 Å². The summed E-state index contributed by atoms with van der Waals surface area (Å²) in [6.45, 7) is 2.91. The molecule has 3 heterocycles. The molecular formula is C23H25FN4O2S. The number of carbonyl (C=O) groups excluding carboxylic acids is 1. The van der Waals surface area contributed by atoms with E-state index < -0.39 is 0 Å². The zero-order chi connectivity index (χ0) is 21.5. The van der Waals surface area contributed by atoms with E-state index >= 15 is 0 Å². The molecule has 0 aliphatic carbocycles. The molecule has 3 aromatic rings. The molecule has 6 nitrogen and oxygen atoms in total. The molecule has 2 amide bonds. The average molecular weight is 441 g/mol. The molecule has 1 fully saturated rings. The van der Waals surface area contributed by atoms with Gasteiger partial charge in [-0.25, -0.2) is 14.2 Å². The first-order valence-corrected chi connectivity index (χ1v) is 11.2. The van der Waals surface area contributed by atoms with E-state index in [0.717, 1.165) is 13.1 Å². The highest BCUT2D eigenvalue weighted by atomic mass is 32.1. The Labute approximate surface area is 185 Å². The van der Waals surface area contributed by atoms with Crippen LogP contribution in [0.5, 0.6) is 11.6 Å². The third-order valence-electron chi connectivity index (χ3n) is 5.21. The Balaban J connectivity index is 1.33. The van der Waals surface area contributed by atoms with Gasteiger partial charge in [0.05, 0.1) is 6.04 Å².